The first kappa shape index (κ1) is 12.1. The molecule has 0 amide bonds. The van der Waals surface area contributed by atoms with E-state index in [1.807, 2.05) is 18.3 Å². The molecule has 0 saturated carbocycles. The summed E-state index contributed by atoms with van der Waals surface area (Å²) in [5, 5.41) is 0. The van der Waals surface area contributed by atoms with E-state index >= 15 is 0 Å². The van der Waals surface area contributed by atoms with Gasteiger partial charge in [-0.25, -0.2) is 0 Å². The predicted molar refractivity (Wildman–Crippen MR) is 75.2 cm³/mol. The zero-order chi connectivity index (χ0) is 13.3. The normalized spacial score (nSPS) is 25.6. The first-order valence-corrected chi connectivity index (χ1v) is 6.70. The lowest BCUT2D eigenvalue weighted by Crippen LogP contribution is -2.36. The molecule has 2 atom stereocenters. The van der Waals surface area contributed by atoms with Crippen molar-refractivity contribution in [3.05, 3.63) is 65.5 Å². The SMILES string of the molecule is CC1(C=O)c2ccccc2CCC1c1cccnc1. The number of fused-ring (bicyclic) bond motifs is 1. The molecule has 0 aliphatic heterocycles. The first-order valence-electron chi connectivity index (χ1n) is 6.70. The van der Waals surface area contributed by atoms with Crippen molar-refractivity contribution in [3.8, 4) is 0 Å². The Bertz CT molecular complexity index is 593. The molecule has 19 heavy (non-hydrogen) atoms. The standard InChI is InChI=1S/C17H17NO/c1-17(12-19)15-7-3-2-5-13(15)8-9-16(17)14-6-4-10-18-11-14/h2-7,10-12,16H,8-9H2,1H3. The van der Waals surface area contributed by atoms with Crippen molar-refractivity contribution in [2.45, 2.75) is 31.1 Å². The Kier molecular flexibility index (Phi) is 2.94. The summed E-state index contributed by atoms with van der Waals surface area (Å²) < 4.78 is 0. The Morgan fingerprint density at radius 1 is 1.26 bits per heavy atom. The van der Waals surface area contributed by atoms with Crippen LogP contribution in [0.5, 0.6) is 0 Å². The maximum Gasteiger partial charge on any atom is 0.130 e. The second-order valence-electron chi connectivity index (χ2n) is 5.44. The van der Waals surface area contributed by atoms with Crippen LogP contribution >= 0.6 is 0 Å². The molecular weight excluding hydrogens is 234 g/mol. The number of aldehydes is 1. The Labute approximate surface area is 113 Å². The Morgan fingerprint density at radius 2 is 2.11 bits per heavy atom. The molecule has 0 N–H and O–H groups in total. The molecule has 2 aromatic rings. The fourth-order valence-electron chi connectivity index (χ4n) is 3.29. The summed E-state index contributed by atoms with van der Waals surface area (Å²) in [4.78, 5) is 16.0. The van der Waals surface area contributed by atoms with Crippen LogP contribution in [-0.4, -0.2) is 11.3 Å². The highest BCUT2D eigenvalue weighted by molar-refractivity contribution is 5.72. The van der Waals surface area contributed by atoms with E-state index in [4.69, 9.17) is 0 Å². The molecule has 2 nitrogen and oxygen atoms in total. The van der Waals surface area contributed by atoms with Gasteiger partial charge in [-0.1, -0.05) is 30.3 Å². The number of hydrogen-bond acceptors (Lipinski definition) is 2. The van der Waals surface area contributed by atoms with Gasteiger partial charge in [0.05, 0.1) is 5.41 Å². The molecule has 2 heteroatoms. The van der Waals surface area contributed by atoms with Gasteiger partial charge in [-0.3, -0.25) is 4.98 Å². The van der Waals surface area contributed by atoms with Crippen LogP contribution in [0.4, 0.5) is 0 Å². The van der Waals surface area contributed by atoms with Gasteiger partial charge in [0.25, 0.3) is 0 Å². The van der Waals surface area contributed by atoms with Crippen LogP contribution in [-0.2, 0) is 16.6 Å². The maximum atomic E-state index is 11.8. The number of pyridine rings is 1. The van der Waals surface area contributed by atoms with Crippen molar-refractivity contribution in [1.82, 2.24) is 4.98 Å². The quantitative estimate of drug-likeness (QED) is 0.767. The Hall–Kier alpha value is -1.96. The molecule has 1 aliphatic carbocycles. The van der Waals surface area contributed by atoms with Crippen LogP contribution in [0.3, 0.4) is 0 Å². The fraction of sp³-hybridized carbons (Fsp3) is 0.294. The third kappa shape index (κ3) is 1.88. The van der Waals surface area contributed by atoms with Crippen molar-refractivity contribution in [2.75, 3.05) is 0 Å². The van der Waals surface area contributed by atoms with E-state index in [9.17, 15) is 4.79 Å². The molecule has 0 saturated heterocycles. The van der Waals surface area contributed by atoms with Gasteiger partial charge >= 0.3 is 0 Å². The molecule has 1 aliphatic rings. The number of hydrogen-bond donors (Lipinski definition) is 0. The van der Waals surface area contributed by atoms with Crippen LogP contribution < -0.4 is 0 Å². The average Bonchev–Trinajstić information content (AvgIpc) is 2.49. The molecule has 3 rings (SSSR count). The summed E-state index contributed by atoms with van der Waals surface area (Å²) in [5.74, 6) is 0.216. The van der Waals surface area contributed by atoms with Crippen LogP contribution in [0.1, 0.15) is 36.0 Å². The topological polar surface area (TPSA) is 30.0 Å². The van der Waals surface area contributed by atoms with Crippen LogP contribution in [0.2, 0.25) is 0 Å². The highest BCUT2D eigenvalue weighted by Crippen LogP contribution is 2.45. The molecule has 0 fully saturated rings. The monoisotopic (exact) mass is 251 g/mol. The van der Waals surface area contributed by atoms with E-state index in [1.54, 1.807) is 6.20 Å². The fourth-order valence-corrected chi connectivity index (χ4v) is 3.29. The van der Waals surface area contributed by atoms with Gasteiger partial charge in [0, 0.05) is 18.3 Å². The molecule has 2 unspecified atom stereocenters. The molecule has 1 aromatic carbocycles. The summed E-state index contributed by atoms with van der Waals surface area (Å²) in [7, 11) is 0. The second kappa shape index (κ2) is 4.61. The van der Waals surface area contributed by atoms with Gasteiger partial charge in [0.15, 0.2) is 0 Å². The van der Waals surface area contributed by atoms with E-state index < -0.39 is 5.41 Å². The summed E-state index contributed by atoms with van der Waals surface area (Å²) in [6.45, 7) is 2.05. The molecule has 1 aromatic heterocycles. The number of carbonyl (C=O) groups excluding carboxylic acids is 1. The van der Waals surface area contributed by atoms with Gasteiger partial charge in [0.2, 0.25) is 0 Å². The van der Waals surface area contributed by atoms with Gasteiger partial charge in [-0.05, 0) is 42.5 Å². The average molecular weight is 251 g/mol. The van der Waals surface area contributed by atoms with Gasteiger partial charge in [-0.2, -0.15) is 0 Å². The third-order valence-electron chi connectivity index (χ3n) is 4.36. The molecule has 0 radical (unpaired) electrons. The summed E-state index contributed by atoms with van der Waals surface area (Å²) in [5.41, 5.74) is 3.19. The summed E-state index contributed by atoms with van der Waals surface area (Å²) >= 11 is 0. The lowest BCUT2D eigenvalue weighted by atomic mass is 9.63. The van der Waals surface area contributed by atoms with Crippen molar-refractivity contribution in [3.63, 3.8) is 0 Å². The van der Waals surface area contributed by atoms with Crippen molar-refractivity contribution < 1.29 is 4.79 Å². The highest BCUT2D eigenvalue weighted by Gasteiger charge is 2.41. The van der Waals surface area contributed by atoms with Crippen molar-refractivity contribution >= 4 is 6.29 Å². The Morgan fingerprint density at radius 3 is 2.84 bits per heavy atom. The highest BCUT2D eigenvalue weighted by atomic mass is 16.1. The van der Waals surface area contributed by atoms with E-state index in [0.29, 0.717) is 0 Å². The lowest BCUT2D eigenvalue weighted by Gasteiger charge is -2.39. The smallest absolute Gasteiger partial charge is 0.130 e. The van der Waals surface area contributed by atoms with E-state index in [0.717, 1.165) is 24.7 Å². The maximum absolute atomic E-state index is 11.8. The van der Waals surface area contributed by atoms with Crippen LogP contribution in [0, 0.1) is 0 Å². The second-order valence-corrected chi connectivity index (χ2v) is 5.44. The lowest BCUT2D eigenvalue weighted by molar-refractivity contribution is -0.113. The third-order valence-corrected chi connectivity index (χ3v) is 4.36. The molecule has 96 valence electrons. The number of aromatic nitrogens is 1. The largest absolute Gasteiger partial charge is 0.302 e. The minimum atomic E-state index is -0.447. The zero-order valence-electron chi connectivity index (χ0n) is 11.0. The number of carbonyl (C=O) groups is 1. The first-order chi connectivity index (χ1) is 9.25. The summed E-state index contributed by atoms with van der Waals surface area (Å²) in [6.07, 6.45) is 6.80. The van der Waals surface area contributed by atoms with E-state index in [1.165, 1.54) is 11.1 Å². The molecule has 0 spiro atoms. The molecule has 0 bridgehead atoms. The van der Waals surface area contributed by atoms with Crippen LogP contribution in [0.25, 0.3) is 0 Å². The van der Waals surface area contributed by atoms with E-state index in [2.05, 4.69) is 36.2 Å². The summed E-state index contributed by atoms with van der Waals surface area (Å²) in [6, 6.07) is 12.3. The van der Waals surface area contributed by atoms with Crippen molar-refractivity contribution in [1.29, 1.82) is 0 Å². The van der Waals surface area contributed by atoms with Gasteiger partial charge < -0.3 is 4.79 Å². The molecule has 1 heterocycles. The minimum absolute atomic E-state index is 0.216. The molecular formula is C17H17NO. The van der Waals surface area contributed by atoms with Crippen LogP contribution in [0.15, 0.2) is 48.8 Å². The van der Waals surface area contributed by atoms with E-state index in [-0.39, 0.29) is 5.92 Å². The number of aryl methyl sites for hydroxylation is 1. The predicted octanol–water partition coefficient (Wildman–Crippen LogP) is 3.27. The number of benzene rings is 1. The van der Waals surface area contributed by atoms with Crippen molar-refractivity contribution in [2.24, 2.45) is 0 Å². The number of nitrogens with zero attached hydrogens (tertiary/aromatic N) is 1. The minimum Gasteiger partial charge on any atom is -0.302 e. The van der Waals surface area contributed by atoms with Gasteiger partial charge in [0.1, 0.15) is 6.29 Å². The Balaban J connectivity index is 2.12. The van der Waals surface area contributed by atoms with Gasteiger partial charge in [-0.15, -0.1) is 0 Å². The zero-order valence-corrected chi connectivity index (χ0v) is 11.0. The number of rotatable bonds is 2.